The summed E-state index contributed by atoms with van der Waals surface area (Å²) in [7, 11) is 1.51. The number of aromatic nitrogens is 2. The van der Waals surface area contributed by atoms with Crippen LogP contribution in [0.3, 0.4) is 0 Å². The van der Waals surface area contributed by atoms with E-state index >= 15 is 0 Å². The lowest BCUT2D eigenvalue weighted by atomic mass is 10.2. The van der Waals surface area contributed by atoms with Crippen molar-refractivity contribution in [3.63, 3.8) is 0 Å². The van der Waals surface area contributed by atoms with Gasteiger partial charge in [0.05, 0.1) is 12.4 Å². The van der Waals surface area contributed by atoms with Gasteiger partial charge in [0.1, 0.15) is 11.4 Å². The number of anilines is 2. The summed E-state index contributed by atoms with van der Waals surface area (Å²) in [5.41, 5.74) is 5.36. The second-order valence-electron chi connectivity index (χ2n) is 5.00. The van der Waals surface area contributed by atoms with Crippen molar-refractivity contribution >= 4 is 35.1 Å². The number of hydrogen-bond acceptors (Lipinski definition) is 7. The quantitative estimate of drug-likeness (QED) is 0.414. The SMILES string of the molecule is CCOc1ccc(C(=O)Nc2c(N)nc(SCC(=O)NC)[nH]c2=O)cc1. The van der Waals surface area contributed by atoms with Crippen molar-refractivity contribution in [3.05, 3.63) is 40.2 Å². The van der Waals surface area contributed by atoms with Gasteiger partial charge in [0, 0.05) is 12.6 Å². The highest BCUT2D eigenvalue weighted by Crippen LogP contribution is 2.18. The molecule has 0 saturated heterocycles. The van der Waals surface area contributed by atoms with Crippen LogP contribution in [-0.2, 0) is 4.79 Å². The Bertz CT molecular complexity index is 851. The van der Waals surface area contributed by atoms with Crippen molar-refractivity contribution in [1.82, 2.24) is 15.3 Å². The topological polar surface area (TPSA) is 139 Å². The highest BCUT2D eigenvalue weighted by atomic mass is 32.2. The highest BCUT2D eigenvalue weighted by molar-refractivity contribution is 7.99. The Balaban J connectivity index is 2.12. The molecule has 0 aliphatic rings. The molecule has 0 unspecified atom stereocenters. The Morgan fingerprint density at radius 2 is 2.00 bits per heavy atom. The Morgan fingerprint density at radius 3 is 2.58 bits per heavy atom. The van der Waals surface area contributed by atoms with Crippen LogP contribution in [0.15, 0.2) is 34.2 Å². The number of carbonyl (C=O) groups excluding carboxylic acids is 2. The predicted molar refractivity (Wildman–Crippen MR) is 99.6 cm³/mol. The molecule has 0 saturated carbocycles. The van der Waals surface area contributed by atoms with Crippen LogP contribution in [0.1, 0.15) is 17.3 Å². The second kappa shape index (κ2) is 8.90. The fourth-order valence-corrected chi connectivity index (χ4v) is 2.66. The van der Waals surface area contributed by atoms with Crippen molar-refractivity contribution in [2.24, 2.45) is 0 Å². The van der Waals surface area contributed by atoms with E-state index in [2.05, 4.69) is 20.6 Å². The number of nitrogen functional groups attached to an aromatic ring is 1. The summed E-state index contributed by atoms with van der Waals surface area (Å²) in [6, 6.07) is 6.46. The maximum atomic E-state index is 12.3. The molecule has 0 radical (unpaired) electrons. The van der Waals surface area contributed by atoms with Gasteiger partial charge in [0.2, 0.25) is 5.91 Å². The fraction of sp³-hybridized carbons (Fsp3) is 0.250. The Morgan fingerprint density at radius 1 is 1.31 bits per heavy atom. The van der Waals surface area contributed by atoms with Gasteiger partial charge in [-0.25, -0.2) is 4.98 Å². The number of nitrogens with zero attached hydrogens (tertiary/aromatic N) is 1. The van der Waals surface area contributed by atoms with E-state index in [1.807, 2.05) is 6.92 Å². The first-order valence-electron chi connectivity index (χ1n) is 7.72. The molecule has 0 atom stereocenters. The summed E-state index contributed by atoms with van der Waals surface area (Å²) < 4.78 is 5.31. The third kappa shape index (κ3) is 4.99. The predicted octanol–water partition coefficient (Wildman–Crippen LogP) is 0.841. The van der Waals surface area contributed by atoms with Gasteiger partial charge in [-0.3, -0.25) is 19.4 Å². The Labute approximate surface area is 153 Å². The van der Waals surface area contributed by atoms with Crippen LogP contribution in [0.5, 0.6) is 5.75 Å². The zero-order chi connectivity index (χ0) is 19.1. The number of thioether (sulfide) groups is 1. The van der Waals surface area contributed by atoms with Crippen molar-refractivity contribution in [2.45, 2.75) is 12.1 Å². The zero-order valence-corrected chi connectivity index (χ0v) is 15.1. The van der Waals surface area contributed by atoms with E-state index < -0.39 is 11.5 Å². The Kier molecular flexibility index (Phi) is 6.61. The van der Waals surface area contributed by atoms with E-state index in [9.17, 15) is 14.4 Å². The molecule has 1 aromatic heterocycles. The number of nitrogens with two attached hydrogens (primary N) is 1. The van der Waals surface area contributed by atoms with Crippen molar-refractivity contribution < 1.29 is 14.3 Å². The van der Waals surface area contributed by atoms with Gasteiger partial charge < -0.3 is 21.1 Å². The zero-order valence-electron chi connectivity index (χ0n) is 14.3. The van der Waals surface area contributed by atoms with Crippen molar-refractivity contribution in [2.75, 3.05) is 30.5 Å². The van der Waals surface area contributed by atoms with Crippen LogP contribution in [0.2, 0.25) is 0 Å². The van der Waals surface area contributed by atoms with Crippen LogP contribution in [0.4, 0.5) is 11.5 Å². The lowest BCUT2D eigenvalue weighted by molar-refractivity contribution is -0.118. The van der Waals surface area contributed by atoms with Crippen molar-refractivity contribution in [3.8, 4) is 5.75 Å². The first kappa shape index (κ1) is 19.3. The normalized spacial score (nSPS) is 10.2. The minimum absolute atomic E-state index is 0.0801. The fourth-order valence-electron chi connectivity index (χ4n) is 1.92. The van der Waals surface area contributed by atoms with E-state index in [0.29, 0.717) is 17.9 Å². The molecule has 0 aliphatic heterocycles. The summed E-state index contributed by atoms with van der Waals surface area (Å²) in [6.45, 7) is 2.38. The van der Waals surface area contributed by atoms with Crippen molar-refractivity contribution in [1.29, 1.82) is 0 Å². The first-order chi connectivity index (χ1) is 12.4. The number of amides is 2. The molecule has 0 aliphatic carbocycles. The molecule has 10 heteroatoms. The molecular formula is C16H19N5O4S. The van der Waals surface area contributed by atoms with E-state index in [0.717, 1.165) is 11.8 Å². The minimum atomic E-state index is -0.601. The highest BCUT2D eigenvalue weighted by Gasteiger charge is 2.14. The monoisotopic (exact) mass is 377 g/mol. The standard InChI is InChI=1S/C16H19N5O4S/c1-3-25-10-6-4-9(5-7-10)14(23)19-12-13(17)20-16(21-15(12)24)26-8-11(22)18-2/h4-7H,3,8H2,1-2H3,(H,18,22)(H,19,23)(H3,17,20,21,24). The van der Waals surface area contributed by atoms with Gasteiger partial charge in [-0.2, -0.15) is 0 Å². The Hall–Kier alpha value is -3.01. The molecule has 5 N–H and O–H groups in total. The number of benzene rings is 1. The lowest BCUT2D eigenvalue weighted by Crippen LogP contribution is -2.24. The van der Waals surface area contributed by atoms with Crippen LogP contribution >= 0.6 is 11.8 Å². The number of ether oxygens (including phenoxy) is 1. The molecule has 9 nitrogen and oxygen atoms in total. The minimum Gasteiger partial charge on any atom is -0.494 e. The number of hydrogen-bond donors (Lipinski definition) is 4. The van der Waals surface area contributed by atoms with Crippen LogP contribution in [0, 0.1) is 0 Å². The van der Waals surface area contributed by atoms with Crippen LogP contribution in [0.25, 0.3) is 0 Å². The van der Waals surface area contributed by atoms with Crippen LogP contribution in [-0.4, -0.2) is 41.2 Å². The van der Waals surface area contributed by atoms with Gasteiger partial charge in [-0.05, 0) is 31.2 Å². The smallest absolute Gasteiger partial charge is 0.277 e. The van der Waals surface area contributed by atoms with Gasteiger partial charge in [0.25, 0.3) is 11.5 Å². The van der Waals surface area contributed by atoms with E-state index in [1.54, 1.807) is 24.3 Å². The van der Waals surface area contributed by atoms with Gasteiger partial charge >= 0.3 is 0 Å². The van der Waals surface area contributed by atoms with Crippen LogP contribution < -0.4 is 26.7 Å². The molecule has 2 rings (SSSR count). The molecule has 0 bridgehead atoms. The molecular weight excluding hydrogens is 358 g/mol. The molecule has 1 heterocycles. The van der Waals surface area contributed by atoms with Gasteiger partial charge in [-0.15, -0.1) is 0 Å². The molecule has 2 amide bonds. The van der Waals surface area contributed by atoms with E-state index in [4.69, 9.17) is 10.5 Å². The maximum absolute atomic E-state index is 12.3. The number of nitrogens with one attached hydrogen (secondary N) is 3. The number of H-pyrrole nitrogens is 1. The van der Waals surface area contributed by atoms with Gasteiger partial charge in [-0.1, -0.05) is 11.8 Å². The first-order valence-corrected chi connectivity index (χ1v) is 8.70. The summed E-state index contributed by atoms with van der Waals surface area (Å²) in [4.78, 5) is 42.2. The molecule has 138 valence electrons. The second-order valence-corrected chi connectivity index (χ2v) is 5.97. The van der Waals surface area contributed by atoms with Gasteiger partial charge in [0.15, 0.2) is 11.0 Å². The lowest BCUT2D eigenvalue weighted by Gasteiger charge is -2.09. The van der Waals surface area contributed by atoms with E-state index in [-0.39, 0.29) is 28.3 Å². The molecule has 2 aromatic rings. The van der Waals surface area contributed by atoms with E-state index in [1.165, 1.54) is 7.05 Å². The number of carbonyl (C=O) groups is 2. The third-order valence-corrected chi connectivity index (χ3v) is 4.08. The summed E-state index contributed by atoms with van der Waals surface area (Å²) in [6.07, 6.45) is 0. The molecule has 1 aromatic carbocycles. The molecule has 0 fully saturated rings. The summed E-state index contributed by atoms with van der Waals surface area (Å²) >= 11 is 1.03. The average Bonchev–Trinajstić information content (AvgIpc) is 2.63. The number of aromatic amines is 1. The largest absolute Gasteiger partial charge is 0.494 e. The molecule has 0 spiro atoms. The maximum Gasteiger partial charge on any atom is 0.277 e. The molecule has 26 heavy (non-hydrogen) atoms. The third-order valence-electron chi connectivity index (χ3n) is 3.21. The summed E-state index contributed by atoms with van der Waals surface area (Å²) in [5, 5.41) is 5.10. The number of rotatable bonds is 7. The summed E-state index contributed by atoms with van der Waals surface area (Å²) in [5.74, 6) is -0.133. The average molecular weight is 377 g/mol.